The molecule has 0 bridgehead atoms. The Morgan fingerprint density at radius 3 is 3.00 bits per heavy atom. The van der Waals surface area contributed by atoms with Gasteiger partial charge in [0.1, 0.15) is 5.82 Å². The van der Waals surface area contributed by atoms with Crippen LogP contribution in [0.2, 0.25) is 0 Å². The Balaban J connectivity index is 2.14. The molecule has 0 saturated heterocycles. The van der Waals surface area contributed by atoms with Gasteiger partial charge in [-0.1, -0.05) is 0 Å². The van der Waals surface area contributed by atoms with Crippen LogP contribution in [0.3, 0.4) is 0 Å². The lowest BCUT2D eigenvalue weighted by Crippen LogP contribution is -2.07. The van der Waals surface area contributed by atoms with Gasteiger partial charge < -0.3 is 11.1 Å². The topological polar surface area (TPSA) is 55.9 Å². The summed E-state index contributed by atoms with van der Waals surface area (Å²) in [5.74, 6) is 0.922. The van der Waals surface area contributed by atoms with Gasteiger partial charge in [-0.25, -0.2) is 4.68 Å². The zero-order chi connectivity index (χ0) is 11.5. The van der Waals surface area contributed by atoms with Crippen molar-refractivity contribution in [1.29, 1.82) is 0 Å². The van der Waals surface area contributed by atoms with Crippen LogP contribution in [0.4, 0.5) is 11.5 Å². The van der Waals surface area contributed by atoms with Crippen molar-refractivity contribution < 1.29 is 0 Å². The van der Waals surface area contributed by atoms with E-state index in [0.29, 0.717) is 0 Å². The number of hydrogen-bond donors (Lipinski definition) is 2. The minimum absolute atomic E-state index is 0.747. The molecular formula is C11H16N4S. The summed E-state index contributed by atoms with van der Waals surface area (Å²) in [7, 11) is 0. The summed E-state index contributed by atoms with van der Waals surface area (Å²) < 4.78 is 1.90. The van der Waals surface area contributed by atoms with Gasteiger partial charge >= 0.3 is 0 Å². The second-order valence-electron chi connectivity index (χ2n) is 3.65. The van der Waals surface area contributed by atoms with Crippen molar-refractivity contribution in [2.45, 2.75) is 26.9 Å². The van der Waals surface area contributed by atoms with Crippen LogP contribution >= 0.6 is 11.3 Å². The Bertz CT molecular complexity index is 459. The number of nitrogens with one attached hydrogen (secondary N) is 1. The maximum atomic E-state index is 5.98. The average molecular weight is 236 g/mol. The highest BCUT2D eigenvalue weighted by Gasteiger charge is 2.10. The molecule has 3 N–H and O–H groups in total. The van der Waals surface area contributed by atoms with Crippen molar-refractivity contribution in [1.82, 2.24) is 9.78 Å². The third-order valence-electron chi connectivity index (χ3n) is 2.51. The van der Waals surface area contributed by atoms with E-state index in [2.05, 4.69) is 34.2 Å². The summed E-state index contributed by atoms with van der Waals surface area (Å²) in [4.78, 5) is 0. The number of nitrogens with zero attached hydrogens (tertiary/aromatic N) is 2. The largest absolute Gasteiger partial charge is 0.394 e. The van der Waals surface area contributed by atoms with Crippen molar-refractivity contribution in [3.8, 4) is 0 Å². The highest BCUT2D eigenvalue weighted by Crippen LogP contribution is 2.22. The fraction of sp³-hybridized carbons (Fsp3) is 0.364. The molecule has 0 saturated carbocycles. The number of thiophene rings is 1. The van der Waals surface area contributed by atoms with Gasteiger partial charge in [0.15, 0.2) is 0 Å². The zero-order valence-corrected chi connectivity index (χ0v) is 10.3. The highest BCUT2D eigenvalue weighted by atomic mass is 32.1. The number of aryl methyl sites for hydroxylation is 2. The summed E-state index contributed by atoms with van der Waals surface area (Å²) in [5, 5.41) is 11.9. The van der Waals surface area contributed by atoms with E-state index in [1.807, 2.05) is 11.6 Å². The van der Waals surface area contributed by atoms with E-state index >= 15 is 0 Å². The summed E-state index contributed by atoms with van der Waals surface area (Å²) in [5.41, 5.74) is 8.88. The Labute approximate surface area is 99.1 Å². The average Bonchev–Trinajstić information content (AvgIpc) is 2.87. The standard InChI is InChI=1S/C11H16N4S/c1-3-15-11(10(12)8(2)14-15)13-6-9-4-5-16-7-9/h4-5,7,13H,3,6,12H2,1-2H3. The lowest BCUT2D eigenvalue weighted by molar-refractivity contribution is 0.657. The Hall–Kier alpha value is -1.49. The van der Waals surface area contributed by atoms with E-state index in [4.69, 9.17) is 5.73 Å². The van der Waals surface area contributed by atoms with Crippen LogP contribution in [-0.4, -0.2) is 9.78 Å². The number of anilines is 2. The minimum Gasteiger partial charge on any atom is -0.394 e. The molecule has 0 fully saturated rings. The summed E-state index contributed by atoms with van der Waals surface area (Å²) >= 11 is 1.70. The molecule has 2 aromatic rings. The zero-order valence-electron chi connectivity index (χ0n) is 9.53. The second-order valence-corrected chi connectivity index (χ2v) is 4.43. The molecule has 0 unspecified atom stereocenters. The number of rotatable bonds is 4. The molecule has 5 heteroatoms. The SMILES string of the molecule is CCn1nc(C)c(N)c1NCc1ccsc1. The van der Waals surface area contributed by atoms with Crippen LogP contribution in [-0.2, 0) is 13.1 Å². The molecule has 86 valence electrons. The van der Waals surface area contributed by atoms with Crippen molar-refractivity contribution in [3.05, 3.63) is 28.1 Å². The number of nitrogen functional groups attached to an aromatic ring is 1. The molecule has 0 atom stereocenters. The van der Waals surface area contributed by atoms with Crippen LogP contribution in [0.15, 0.2) is 16.8 Å². The molecule has 2 aromatic heterocycles. The number of hydrogen-bond acceptors (Lipinski definition) is 4. The van der Waals surface area contributed by atoms with Crippen LogP contribution in [0.1, 0.15) is 18.2 Å². The van der Waals surface area contributed by atoms with E-state index in [-0.39, 0.29) is 0 Å². The molecule has 0 spiro atoms. The van der Waals surface area contributed by atoms with Gasteiger partial charge in [-0.05, 0) is 36.2 Å². The van der Waals surface area contributed by atoms with Gasteiger partial charge in [0.25, 0.3) is 0 Å². The predicted octanol–water partition coefficient (Wildman–Crippen LogP) is 2.47. The van der Waals surface area contributed by atoms with E-state index in [0.717, 1.165) is 30.3 Å². The first-order valence-electron chi connectivity index (χ1n) is 5.30. The fourth-order valence-corrected chi connectivity index (χ4v) is 2.26. The van der Waals surface area contributed by atoms with Crippen molar-refractivity contribution >= 4 is 22.8 Å². The maximum Gasteiger partial charge on any atom is 0.148 e. The third kappa shape index (κ3) is 2.04. The number of nitrogens with two attached hydrogens (primary N) is 1. The Morgan fingerprint density at radius 1 is 1.56 bits per heavy atom. The highest BCUT2D eigenvalue weighted by molar-refractivity contribution is 7.07. The van der Waals surface area contributed by atoms with Crippen molar-refractivity contribution in [2.75, 3.05) is 11.1 Å². The van der Waals surface area contributed by atoms with Crippen molar-refractivity contribution in [3.63, 3.8) is 0 Å². The summed E-state index contributed by atoms with van der Waals surface area (Å²) in [6, 6.07) is 2.10. The van der Waals surface area contributed by atoms with Crippen LogP contribution in [0.5, 0.6) is 0 Å². The first kappa shape index (κ1) is 11.0. The van der Waals surface area contributed by atoms with Gasteiger partial charge in [-0.2, -0.15) is 16.4 Å². The van der Waals surface area contributed by atoms with Gasteiger partial charge in [-0.3, -0.25) is 0 Å². The summed E-state index contributed by atoms with van der Waals surface area (Å²) in [6.45, 7) is 5.60. The lowest BCUT2D eigenvalue weighted by Gasteiger charge is -2.08. The molecule has 0 aliphatic heterocycles. The summed E-state index contributed by atoms with van der Waals surface area (Å²) in [6.07, 6.45) is 0. The van der Waals surface area contributed by atoms with Crippen LogP contribution in [0, 0.1) is 6.92 Å². The van der Waals surface area contributed by atoms with Crippen LogP contribution in [0.25, 0.3) is 0 Å². The predicted molar refractivity (Wildman–Crippen MR) is 68.7 cm³/mol. The van der Waals surface area contributed by atoms with E-state index in [1.54, 1.807) is 11.3 Å². The molecule has 0 aliphatic rings. The first-order chi connectivity index (χ1) is 7.72. The van der Waals surface area contributed by atoms with E-state index in [9.17, 15) is 0 Å². The van der Waals surface area contributed by atoms with E-state index in [1.165, 1.54) is 5.56 Å². The van der Waals surface area contributed by atoms with Gasteiger partial charge in [0, 0.05) is 13.1 Å². The fourth-order valence-electron chi connectivity index (χ4n) is 1.59. The smallest absolute Gasteiger partial charge is 0.148 e. The number of aromatic nitrogens is 2. The third-order valence-corrected chi connectivity index (χ3v) is 3.25. The molecule has 0 amide bonds. The monoisotopic (exact) mass is 236 g/mol. The molecule has 0 radical (unpaired) electrons. The lowest BCUT2D eigenvalue weighted by atomic mass is 10.3. The van der Waals surface area contributed by atoms with Gasteiger partial charge in [-0.15, -0.1) is 0 Å². The normalized spacial score (nSPS) is 10.6. The molecule has 16 heavy (non-hydrogen) atoms. The Morgan fingerprint density at radius 2 is 2.38 bits per heavy atom. The Kier molecular flexibility index (Phi) is 3.14. The molecule has 0 aliphatic carbocycles. The molecule has 2 heterocycles. The molecule has 4 nitrogen and oxygen atoms in total. The second kappa shape index (κ2) is 4.57. The minimum atomic E-state index is 0.747. The maximum absolute atomic E-state index is 5.98. The molecule has 2 rings (SSSR count). The van der Waals surface area contributed by atoms with Crippen LogP contribution < -0.4 is 11.1 Å². The quantitative estimate of drug-likeness (QED) is 0.857. The van der Waals surface area contributed by atoms with Gasteiger partial charge in [0.05, 0.1) is 11.4 Å². The van der Waals surface area contributed by atoms with E-state index < -0.39 is 0 Å². The molecular weight excluding hydrogens is 220 g/mol. The first-order valence-corrected chi connectivity index (χ1v) is 6.24. The van der Waals surface area contributed by atoms with Gasteiger partial charge in [0.2, 0.25) is 0 Å². The molecule has 0 aromatic carbocycles. The van der Waals surface area contributed by atoms with Crippen molar-refractivity contribution in [2.24, 2.45) is 0 Å².